The van der Waals surface area contributed by atoms with Gasteiger partial charge in [-0.1, -0.05) is 66.2 Å². The molecule has 0 aliphatic carbocycles. The molecule has 1 fully saturated rings. The fourth-order valence-electron chi connectivity index (χ4n) is 5.49. The molecule has 0 unspecified atom stereocenters. The number of phenolic OH excluding ortho intramolecular Hbond substituents is 1. The van der Waals surface area contributed by atoms with E-state index in [4.69, 9.17) is 0 Å². The second-order valence-corrected chi connectivity index (χ2v) is 9.58. The Bertz CT molecular complexity index is 1560. The van der Waals surface area contributed by atoms with Crippen molar-refractivity contribution in [3.05, 3.63) is 108 Å². The number of hydrogen-bond acceptors (Lipinski definition) is 3. The van der Waals surface area contributed by atoms with Crippen molar-refractivity contribution in [2.24, 2.45) is 0 Å². The maximum atomic E-state index is 11.1. The molecule has 0 atom stereocenters. The van der Waals surface area contributed by atoms with E-state index in [1.54, 1.807) is 0 Å². The Morgan fingerprint density at radius 3 is 1.77 bits per heavy atom. The van der Waals surface area contributed by atoms with Gasteiger partial charge in [-0.2, -0.15) is 0 Å². The highest BCUT2D eigenvalue weighted by atomic mass is 16.3. The van der Waals surface area contributed by atoms with Crippen molar-refractivity contribution in [2.45, 2.75) is 20.8 Å². The van der Waals surface area contributed by atoms with E-state index in [9.17, 15) is 5.11 Å². The molecule has 1 saturated heterocycles. The molecule has 5 aromatic carbocycles. The van der Waals surface area contributed by atoms with Gasteiger partial charge in [-0.15, -0.1) is 0 Å². The molecule has 6 rings (SSSR count). The van der Waals surface area contributed by atoms with Gasteiger partial charge in [0.05, 0.1) is 0 Å². The van der Waals surface area contributed by atoms with Gasteiger partial charge in [0.15, 0.2) is 0 Å². The summed E-state index contributed by atoms with van der Waals surface area (Å²) in [7, 11) is 0. The van der Waals surface area contributed by atoms with E-state index in [0.29, 0.717) is 5.75 Å². The third-order valence-electron chi connectivity index (χ3n) is 7.00. The van der Waals surface area contributed by atoms with Gasteiger partial charge in [0.1, 0.15) is 5.75 Å². The first-order chi connectivity index (χ1) is 17.0. The van der Waals surface area contributed by atoms with Crippen molar-refractivity contribution < 1.29 is 5.11 Å². The zero-order chi connectivity index (χ0) is 24.1. The highest BCUT2D eigenvalue weighted by molar-refractivity contribution is 5.99. The molecule has 3 nitrogen and oxygen atoms in total. The van der Waals surface area contributed by atoms with Gasteiger partial charge in [0, 0.05) is 35.6 Å². The summed E-state index contributed by atoms with van der Waals surface area (Å²) in [5, 5.41) is 15.6. The van der Waals surface area contributed by atoms with Crippen LogP contribution >= 0.6 is 0 Å². The number of fused-ring (bicyclic) bond motifs is 2. The zero-order valence-electron chi connectivity index (χ0n) is 20.3. The smallest absolute Gasteiger partial charge is 0.208 e. The lowest BCUT2D eigenvalue weighted by atomic mass is 9.95. The summed E-state index contributed by atoms with van der Waals surface area (Å²) in [5.74, 6) is 0.293. The molecule has 2 radical (unpaired) electrons. The van der Waals surface area contributed by atoms with E-state index in [0.717, 1.165) is 46.1 Å². The lowest BCUT2D eigenvalue weighted by Crippen LogP contribution is -2.20. The summed E-state index contributed by atoms with van der Waals surface area (Å²) in [6, 6.07) is 29.4. The van der Waals surface area contributed by atoms with Crippen LogP contribution < -0.4 is 9.80 Å². The fourth-order valence-corrected chi connectivity index (χ4v) is 5.49. The molecule has 1 N–H and O–H groups in total. The first-order valence-electron chi connectivity index (χ1n) is 12.1. The van der Waals surface area contributed by atoms with E-state index in [1.165, 1.54) is 27.8 Å². The molecule has 0 amide bonds. The van der Waals surface area contributed by atoms with Gasteiger partial charge < -0.3 is 14.9 Å². The average molecular weight is 457 g/mol. The summed E-state index contributed by atoms with van der Waals surface area (Å²) in [6.07, 6.45) is 0. The largest absolute Gasteiger partial charge is 0.507 e. The summed E-state index contributed by atoms with van der Waals surface area (Å²) in [4.78, 5) is 4.44. The fraction of sp³-hybridized carbons (Fsp3) is 0.156. The zero-order valence-corrected chi connectivity index (χ0v) is 20.3. The maximum absolute atomic E-state index is 11.1. The number of benzene rings is 5. The van der Waals surface area contributed by atoms with Gasteiger partial charge in [-0.25, -0.2) is 0 Å². The normalized spacial score (nSPS) is 13.8. The maximum Gasteiger partial charge on any atom is 0.208 e. The highest BCUT2D eigenvalue weighted by Crippen LogP contribution is 2.43. The quantitative estimate of drug-likeness (QED) is 0.303. The summed E-state index contributed by atoms with van der Waals surface area (Å²) >= 11 is 0. The Labute approximate surface area is 206 Å². The lowest BCUT2D eigenvalue weighted by molar-refractivity contribution is 0.478. The number of rotatable bonds is 3. The molecule has 35 heavy (non-hydrogen) atoms. The van der Waals surface area contributed by atoms with Crippen LogP contribution in [-0.2, 0) is 0 Å². The van der Waals surface area contributed by atoms with Crippen LogP contribution in [-0.4, -0.2) is 18.2 Å². The number of phenols is 1. The standard InChI is InChI=1S/C32H28N2O/c1-21-14-22(2)32(23(3)15-21)34-13-12-33(20-34)30-18-26-10-6-4-8-24(26)16-28(30)29-17-25-9-5-7-11-27(25)19-31(29)35/h4-11,14-19,35H,12-13H2,1-3H3. The van der Waals surface area contributed by atoms with Crippen LogP contribution in [0.3, 0.4) is 0 Å². The van der Waals surface area contributed by atoms with Crippen LogP contribution in [0.15, 0.2) is 84.9 Å². The van der Waals surface area contributed by atoms with Crippen molar-refractivity contribution in [1.82, 2.24) is 0 Å². The Hall–Kier alpha value is -3.98. The number of aromatic hydroxyl groups is 1. The Balaban J connectivity index is 1.48. The number of anilines is 2. The first kappa shape index (κ1) is 21.5. The molecule has 3 heteroatoms. The van der Waals surface area contributed by atoms with E-state index < -0.39 is 0 Å². The topological polar surface area (TPSA) is 26.7 Å². The van der Waals surface area contributed by atoms with Gasteiger partial charge in [0.25, 0.3) is 0 Å². The van der Waals surface area contributed by atoms with E-state index >= 15 is 0 Å². The first-order valence-corrected chi connectivity index (χ1v) is 12.1. The summed E-state index contributed by atoms with van der Waals surface area (Å²) in [6.45, 7) is 11.8. The molecule has 0 bridgehead atoms. The third kappa shape index (κ3) is 3.77. The van der Waals surface area contributed by atoms with Crippen LogP contribution in [0.4, 0.5) is 11.4 Å². The van der Waals surface area contributed by atoms with Crippen molar-refractivity contribution >= 4 is 32.9 Å². The SMILES string of the molecule is Cc1cc(C)c(N2[C]N(c3cc4ccccc4cc3-c3cc4ccccc4cc3O)CC2)c(C)c1. The summed E-state index contributed by atoms with van der Waals surface area (Å²) < 4.78 is 0. The molecular weight excluding hydrogens is 428 g/mol. The van der Waals surface area contributed by atoms with Crippen LogP contribution in [0.2, 0.25) is 0 Å². The van der Waals surface area contributed by atoms with Crippen molar-refractivity contribution in [3.63, 3.8) is 0 Å². The lowest BCUT2D eigenvalue weighted by Gasteiger charge is -2.25. The second-order valence-electron chi connectivity index (χ2n) is 9.58. The van der Waals surface area contributed by atoms with Gasteiger partial charge in [-0.3, -0.25) is 0 Å². The summed E-state index contributed by atoms with van der Waals surface area (Å²) in [5.41, 5.74) is 7.95. The van der Waals surface area contributed by atoms with Crippen molar-refractivity contribution in [1.29, 1.82) is 0 Å². The van der Waals surface area contributed by atoms with Crippen LogP contribution in [0, 0.1) is 27.4 Å². The number of aryl methyl sites for hydroxylation is 3. The molecule has 1 heterocycles. The van der Waals surface area contributed by atoms with Gasteiger partial charge in [-0.05, 0) is 77.7 Å². The van der Waals surface area contributed by atoms with Crippen LogP contribution in [0.25, 0.3) is 32.7 Å². The molecule has 0 spiro atoms. The molecule has 0 saturated carbocycles. The average Bonchev–Trinajstić information content (AvgIpc) is 3.31. The minimum absolute atomic E-state index is 0.293. The molecular formula is C32H28N2O. The number of nitrogens with zero attached hydrogens (tertiary/aromatic N) is 2. The monoisotopic (exact) mass is 456 g/mol. The van der Waals surface area contributed by atoms with E-state index in [1.807, 2.05) is 24.3 Å². The Kier molecular flexibility index (Phi) is 5.14. The van der Waals surface area contributed by atoms with Gasteiger partial charge >= 0.3 is 0 Å². The van der Waals surface area contributed by atoms with Gasteiger partial charge in [0.2, 0.25) is 6.67 Å². The molecule has 0 aromatic heterocycles. The van der Waals surface area contributed by atoms with Crippen molar-refractivity contribution in [3.8, 4) is 16.9 Å². The minimum Gasteiger partial charge on any atom is -0.507 e. The molecule has 5 aromatic rings. The Morgan fingerprint density at radius 1 is 0.629 bits per heavy atom. The highest BCUT2D eigenvalue weighted by Gasteiger charge is 2.27. The van der Waals surface area contributed by atoms with Crippen molar-refractivity contribution in [2.75, 3.05) is 22.9 Å². The number of hydrogen-bond donors (Lipinski definition) is 1. The van der Waals surface area contributed by atoms with E-state index in [2.05, 4.69) is 97.9 Å². The third-order valence-corrected chi connectivity index (χ3v) is 7.00. The second kappa shape index (κ2) is 8.35. The predicted octanol–water partition coefficient (Wildman–Crippen LogP) is 7.61. The molecule has 1 aliphatic rings. The minimum atomic E-state index is 0.293. The molecule has 1 aliphatic heterocycles. The van der Waals surface area contributed by atoms with Crippen LogP contribution in [0.1, 0.15) is 16.7 Å². The van der Waals surface area contributed by atoms with Crippen LogP contribution in [0.5, 0.6) is 5.75 Å². The predicted molar refractivity (Wildman–Crippen MR) is 147 cm³/mol. The molecule has 172 valence electrons. The Morgan fingerprint density at radius 2 is 1.14 bits per heavy atom. The van der Waals surface area contributed by atoms with E-state index in [-0.39, 0.29) is 0 Å².